The molecule has 5 nitrogen and oxygen atoms in total. The monoisotopic (exact) mass is 312 g/mol. The Morgan fingerprint density at radius 2 is 1.86 bits per heavy atom. The molecule has 1 aromatic heterocycles. The number of carbonyl (C=O) groups excluding carboxylic acids is 1. The van der Waals surface area contributed by atoms with Crippen LogP contribution < -0.4 is 5.32 Å². The van der Waals surface area contributed by atoms with Crippen molar-refractivity contribution in [2.45, 2.75) is 0 Å². The molecule has 2 aromatic rings. The molecule has 1 heterocycles. The number of benzene rings is 1. The minimum Gasteiger partial charge on any atom is -0.477 e. The maximum Gasteiger partial charge on any atom is 0.354 e. The van der Waals surface area contributed by atoms with Gasteiger partial charge in [0.15, 0.2) is 11.6 Å². The largest absolute Gasteiger partial charge is 0.477 e. The van der Waals surface area contributed by atoms with E-state index in [1.165, 1.54) is 12.1 Å². The van der Waals surface area contributed by atoms with Crippen LogP contribution in [0.15, 0.2) is 30.5 Å². The van der Waals surface area contributed by atoms with Gasteiger partial charge in [0.05, 0.1) is 22.5 Å². The second kappa shape index (κ2) is 5.84. The van der Waals surface area contributed by atoms with Crippen molar-refractivity contribution in [3.05, 3.63) is 58.4 Å². The number of nitrogens with one attached hydrogen (secondary N) is 1. The molecule has 1 amide bonds. The summed E-state index contributed by atoms with van der Waals surface area (Å²) in [5.74, 6) is -4.35. The number of nitrogens with zero attached hydrogens (tertiary/aromatic N) is 1. The van der Waals surface area contributed by atoms with Crippen LogP contribution in [-0.4, -0.2) is 22.0 Å². The number of anilines is 1. The van der Waals surface area contributed by atoms with E-state index in [1.807, 2.05) is 0 Å². The second-order valence-corrected chi connectivity index (χ2v) is 4.34. The summed E-state index contributed by atoms with van der Waals surface area (Å²) in [4.78, 5) is 26.1. The molecule has 0 radical (unpaired) electrons. The summed E-state index contributed by atoms with van der Waals surface area (Å²) in [5.41, 5.74) is -0.262. The third-order valence-electron chi connectivity index (χ3n) is 2.50. The number of aromatic carboxylic acids is 1. The van der Waals surface area contributed by atoms with Gasteiger partial charge in [-0.25, -0.2) is 18.6 Å². The number of hydrogen-bond donors (Lipinski definition) is 2. The van der Waals surface area contributed by atoms with E-state index in [4.69, 9.17) is 16.7 Å². The lowest BCUT2D eigenvalue weighted by atomic mass is 10.2. The molecule has 0 saturated carbocycles. The van der Waals surface area contributed by atoms with Gasteiger partial charge in [0.2, 0.25) is 0 Å². The highest BCUT2D eigenvalue weighted by Gasteiger charge is 2.15. The number of amides is 1. The summed E-state index contributed by atoms with van der Waals surface area (Å²) in [6, 6.07) is 3.86. The van der Waals surface area contributed by atoms with Crippen LogP contribution in [0.3, 0.4) is 0 Å². The van der Waals surface area contributed by atoms with Crippen LogP contribution in [0.2, 0.25) is 5.02 Å². The SMILES string of the molecule is O=C(O)c1ccc(NC(=O)c2cc(F)c(F)cc2Cl)cn1. The highest BCUT2D eigenvalue weighted by Crippen LogP contribution is 2.21. The Morgan fingerprint density at radius 3 is 2.43 bits per heavy atom. The zero-order chi connectivity index (χ0) is 15.6. The van der Waals surface area contributed by atoms with E-state index in [1.54, 1.807) is 0 Å². The third-order valence-corrected chi connectivity index (χ3v) is 2.81. The molecule has 0 aliphatic rings. The van der Waals surface area contributed by atoms with Gasteiger partial charge in [-0.15, -0.1) is 0 Å². The van der Waals surface area contributed by atoms with Crippen molar-refractivity contribution in [2.75, 3.05) is 5.32 Å². The van der Waals surface area contributed by atoms with Gasteiger partial charge in [0, 0.05) is 0 Å². The first kappa shape index (κ1) is 14.9. The van der Waals surface area contributed by atoms with Crippen molar-refractivity contribution in [3.63, 3.8) is 0 Å². The Bertz CT molecular complexity index is 720. The third kappa shape index (κ3) is 3.32. The lowest BCUT2D eigenvalue weighted by molar-refractivity contribution is 0.0690. The number of hydrogen-bond acceptors (Lipinski definition) is 3. The Hall–Kier alpha value is -2.54. The van der Waals surface area contributed by atoms with E-state index < -0.39 is 23.5 Å². The molecule has 21 heavy (non-hydrogen) atoms. The Labute approximate surface area is 122 Å². The van der Waals surface area contributed by atoms with Crippen molar-refractivity contribution in [2.24, 2.45) is 0 Å². The predicted octanol–water partition coefficient (Wildman–Crippen LogP) is 2.96. The van der Waals surface area contributed by atoms with Crippen molar-refractivity contribution in [3.8, 4) is 0 Å². The topological polar surface area (TPSA) is 79.3 Å². The molecule has 2 rings (SSSR count). The fraction of sp³-hybridized carbons (Fsp3) is 0. The first-order valence-corrected chi connectivity index (χ1v) is 5.91. The molecular formula is C13H7ClF2N2O3. The van der Waals surface area contributed by atoms with Gasteiger partial charge in [0.1, 0.15) is 5.69 Å². The summed E-state index contributed by atoms with van der Waals surface area (Å²) in [6.45, 7) is 0. The molecule has 0 atom stereocenters. The molecular weight excluding hydrogens is 306 g/mol. The minimum atomic E-state index is -1.21. The van der Waals surface area contributed by atoms with E-state index in [0.717, 1.165) is 6.20 Å². The summed E-state index contributed by atoms with van der Waals surface area (Å²) in [6.07, 6.45) is 1.12. The van der Waals surface area contributed by atoms with Crippen molar-refractivity contribution >= 4 is 29.2 Å². The Kier molecular flexibility index (Phi) is 4.13. The molecule has 0 saturated heterocycles. The number of halogens is 3. The number of pyridine rings is 1. The van der Waals surface area contributed by atoms with E-state index in [2.05, 4.69) is 10.3 Å². The maximum atomic E-state index is 13.1. The average Bonchev–Trinajstić information content (AvgIpc) is 2.43. The minimum absolute atomic E-state index is 0.186. The van der Waals surface area contributed by atoms with Crippen molar-refractivity contribution in [1.29, 1.82) is 0 Å². The van der Waals surface area contributed by atoms with Gasteiger partial charge in [-0.05, 0) is 24.3 Å². The van der Waals surface area contributed by atoms with Crippen LogP contribution in [0, 0.1) is 11.6 Å². The number of carboxylic acid groups (broad SMARTS) is 1. The van der Waals surface area contributed by atoms with Crippen molar-refractivity contribution in [1.82, 2.24) is 4.98 Å². The quantitative estimate of drug-likeness (QED) is 0.854. The first-order valence-electron chi connectivity index (χ1n) is 5.53. The fourth-order valence-corrected chi connectivity index (χ4v) is 1.73. The van der Waals surface area contributed by atoms with Gasteiger partial charge >= 0.3 is 5.97 Å². The molecule has 1 aromatic carbocycles. The predicted molar refractivity (Wildman–Crippen MR) is 70.5 cm³/mol. The molecule has 0 aliphatic heterocycles. The Balaban J connectivity index is 2.22. The van der Waals surface area contributed by atoms with E-state index in [9.17, 15) is 18.4 Å². The summed E-state index contributed by atoms with van der Waals surface area (Å²) < 4.78 is 26.0. The maximum absolute atomic E-state index is 13.1. The molecule has 0 aliphatic carbocycles. The zero-order valence-electron chi connectivity index (χ0n) is 10.2. The Morgan fingerprint density at radius 1 is 1.19 bits per heavy atom. The van der Waals surface area contributed by atoms with Crippen LogP contribution in [0.1, 0.15) is 20.8 Å². The average molecular weight is 313 g/mol. The molecule has 8 heteroatoms. The van der Waals surface area contributed by atoms with Gasteiger partial charge in [-0.3, -0.25) is 4.79 Å². The molecule has 0 spiro atoms. The molecule has 0 unspecified atom stereocenters. The van der Waals surface area contributed by atoms with Crippen LogP contribution in [-0.2, 0) is 0 Å². The molecule has 108 valence electrons. The number of rotatable bonds is 3. The number of aromatic nitrogens is 1. The number of carbonyl (C=O) groups is 2. The fourth-order valence-electron chi connectivity index (χ4n) is 1.49. The highest BCUT2D eigenvalue weighted by atomic mass is 35.5. The van der Waals surface area contributed by atoms with E-state index in [-0.39, 0.29) is 22.0 Å². The highest BCUT2D eigenvalue weighted by molar-refractivity contribution is 6.34. The smallest absolute Gasteiger partial charge is 0.354 e. The van der Waals surface area contributed by atoms with Gasteiger partial charge in [0.25, 0.3) is 5.91 Å². The van der Waals surface area contributed by atoms with Gasteiger partial charge < -0.3 is 10.4 Å². The standard InChI is InChI=1S/C13H7ClF2N2O3/c14-8-4-10(16)9(15)3-7(8)12(19)18-6-1-2-11(13(20)21)17-5-6/h1-5H,(H,18,19)(H,20,21). The lowest BCUT2D eigenvalue weighted by Gasteiger charge is -2.07. The summed E-state index contributed by atoms with van der Waals surface area (Å²) in [5, 5.41) is 10.8. The van der Waals surface area contributed by atoms with Crippen LogP contribution in [0.25, 0.3) is 0 Å². The number of carboxylic acids is 1. The first-order chi connectivity index (χ1) is 9.88. The van der Waals surface area contributed by atoms with Crippen LogP contribution in [0.5, 0.6) is 0 Å². The van der Waals surface area contributed by atoms with E-state index in [0.29, 0.717) is 12.1 Å². The summed E-state index contributed by atoms with van der Waals surface area (Å²) >= 11 is 5.67. The molecule has 0 fully saturated rings. The van der Waals surface area contributed by atoms with Crippen molar-refractivity contribution < 1.29 is 23.5 Å². The molecule has 0 bridgehead atoms. The molecule has 2 N–H and O–H groups in total. The van der Waals surface area contributed by atoms with Crippen LogP contribution >= 0.6 is 11.6 Å². The summed E-state index contributed by atoms with van der Waals surface area (Å²) in [7, 11) is 0. The van der Waals surface area contributed by atoms with Crippen LogP contribution in [0.4, 0.5) is 14.5 Å². The lowest BCUT2D eigenvalue weighted by Crippen LogP contribution is -2.14. The van der Waals surface area contributed by atoms with E-state index >= 15 is 0 Å². The van der Waals surface area contributed by atoms with Gasteiger partial charge in [-0.2, -0.15) is 0 Å². The van der Waals surface area contributed by atoms with Gasteiger partial charge in [-0.1, -0.05) is 11.6 Å². The normalized spacial score (nSPS) is 10.2. The second-order valence-electron chi connectivity index (χ2n) is 3.94. The zero-order valence-corrected chi connectivity index (χ0v) is 11.0.